The van der Waals surface area contributed by atoms with Gasteiger partial charge in [0, 0.05) is 22.0 Å². The van der Waals surface area contributed by atoms with Crippen LogP contribution in [0.2, 0.25) is 0 Å². The van der Waals surface area contributed by atoms with E-state index >= 15 is 0 Å². The van der Waals surface area contributed by atoms with E-state index in [4.69, 9.17) is 9.40 Å². The number of nitrogens with one attached hydrogen (secondary N) is 1. The third kappa shape index (κ3) is 2.01. The van der Waals surface area contributed by atoms with E-state index in [9.17, 15) is 0 Å². The summed E-state index contributed by atoms with van der Waals surface area (Å²) in [5.41, 5.74) is 6.09. The highest BCUT2D eigenvalue weighted by atomic mass is 16.4. The van der Waals surface area contributed by atoms with E-state index < -0.39 is 0 Å². The number of imidazole rings is 1. The molecule has 0 amide bonds. The molecule has 6 aromatic rings. The van der Waals surface area contributed by atoms with Crippen molar-refractivity contribution in [1.82, 2.24) is 14.4 Å². The maximum Gasteiger partial charge on any atom is 0.309 e. The number of rotatable bonds is 2. The molecule has 4 nitrogen and oxygen atoms in total. The smallest absolute Gasteiger partial charge is 0.309 e. The van der Waals surface area contributed by atoms with Crippen LogP contribution in [0.5, 0.6) is 0 Å². The summed E-state index contributed by atoms with van der Waals surface area (Å²) in [4.78, 5) is 8.32. The van der Waals surface area contributed by atoms with Gasteiger partial charge in [0.2, 0.25) is 0 Å². The van der Waals surface area contributed by atoms with E-state index in [0.29, 0.717) is 5.84 Å². The number of fused-ring (bicyclic) bond motifs is 5. The van der Waals surface area contributed by atoms with Crippen molar-refractivity contribution in [1.29, 1.82) is 0 Å². The second-order valence-electron chi connectivity index (χ2n) is 6.61. The monoisotopic (exact) mass is 349 g/mol. The molecule has 27 heavy (non-hydrogen) atoms. The lowest BCUT2D eigenvalue weighted by molar-refractivity contribution is 0.611. The quantitative estimate of drug-likeness (QED) is 0.423. The molecule has 0 spiro atoms. The van der Waals surface area contributed by atoms with E-state index in [1.807, 2.05) is 48.5 Å². The van der Waals surface area contributed by atoms with Crippen LogP contribution < -0.4 is 0 Å². The molecule has 0 aliphatic carbocycles. The standard InChI is InChI=1S/C23H15N3O/c1-3-9-15(10-4-1)20-21(16-11-5-2-6-12-16)27-23-25-19-17-13-7-8-14-18(17)24-22(19)26(20)23/h1-14,24H. The minimum atomic E-state index is 0.597. The lowest BCUT2D eigenvalue weighted by Gasteiger charge is -2.04. The fraction of sp³-hybridized carbons (Fsp3) is 0. The van der Waals surface area contributed by atoms with Gasteiger partial charge in [-0.3, -0.25) is 0 Å². The Kier molecular flexibility index (Phi) is 2.85. The number of oxazole rings is 1. The zero-order valence-corrected chi connectivity index (χ0v) is 14.4. The van der Waals surface area contributed by atoms with Gasteiger partial charge in [0.05, 0.1) is 0 Å². The first-order valence-corrected chi connectivity index (χ1v) is 8.92. The third-order valence-corrected chi connectivity index (χ3v) is 5.00. The molecule has 4 heteroatoms. The highest BCUT2D eigenvalue weighted by molar-refractivity contribution is 6.05. The molecule has 0 saturated carbocycles. The summed E-state index contributed by atoms with van der Waals surface area (Å²) in [7, 11) is 0. The van der Waals surface area contributed by atoms with Crippen LogP contribution in [0, 0.1) is 0 Å². The molecule has 0 fully saturated rings. The van der Waals surface area contributed by atoms with Gasteiger partial charge in [-0.05, 0) is 6.07 Å². The van der Waals surface area contributed by atoms with Crippen LogP contribution in [-0.4, -0.2) is 14.4 Å². The fourth-order valence-electron chi connectivity index (χ4n) is 3.79. The number of benzene rings is 3. The van der Waals surface area contributed by atoms with Crippen LogP contribution in [0.1, 0.15) is 0 Å². The number of aromatic amines is 1. The van der Waals surface area contributed by atoms with Crippen LogP contribution in [0.4, 0.5) is 0 Å². The van der Waals surface area contributed by atoms with Crippen LogP contribution >= 0.6 is 0 Å². The van der Waals surface area contributed by atoms with E-state index in [1.165, 1.54) is 0 Å². The molecule has 1 N–H and O–H groups in total. The Labute approximate surface area is 154 Å². The largest absolute Gasteiger partial charge is 0.422 e. The lowest BCUT2D eigenvalue weighted by Crippen LogP contribution is -1.89. The predicted molar refractivity (Wildman–Crippen MR) is 108 cm³/mol. The summed E-state index contributed by atoms with van der Waals surface area (Å²) >= 11 is 0. The summed E-state index contributed by atoms with van der Waals surface area (Å²) < 4.78 is 8.35. The molecule has 0 aliphatic rings. The van der Waals surface area contributed by atoms with Gasteiger partial charge in [-0.1, -0.05) is 78.9 Å². The third-order valence-electron chi connectivity index (χ3n) is 5.00. The van der Waals surface area contributed by atoms with Crippen molar-refractivity contribution in [2.75, 3.05) is 0 Å². The number of nitrogens with zero attached hydrogens (tertiary/aromatic N) is 2. The number of hydrogen-bond donors (Lipinski definition) is 1. The molecular formula is C23H15N3O. The SMILES string of the molecule is c1ccc(-c2oc3nc4c5ccccc5[nH]c4n3c2-c2ccccc2)cc1. The minimum absolute atomic E-state index is 0.597. The van der Waals surface area contributed by atoms with Gasteiger partial charge in [-0.2, -0.15) is 4.98 Å². The van der Waals surface area contributed by atoms with Gasteiger partial charge in [0.1, 0.15) is 16.9 Å². The van der Waals surface area contributed by atoms with Crippen molar-refractivity contribution in [2.24, 2.45) is 0 Å². The van der Waals surface area contributed by atoms with Crippen molar-refractivity contribution >= 4 is 27.9 Å². The van der Waals surface area contributed by atoms with E-state index in [-0.39, 0.29) is 0 Å². The molecule has 0 atom stereocenters. The molecule has 0 radical (unpaired) electrons. The summed E-state index contributed by atoms with van der Waals surface area (Å²) in [5.74, 6) is 1.42. The van der Waals surface area contributed by atoms with Crippen LogP contribution in [-0.2, 0) is 0 Å². The minimum Gasteiger partial charge on any atom is -0.422 e. The Morgan fingerprint density at radius 3 is 2.19 bits per heavy atom. The maximum absolute atomic E-state index is 6.26. The molecule has 3 heterocycles. The molecule has 3 aromatic heterocycles. The number of aromatic nitrogens is 3. The van der Waals surface area contributed by atoms with Gasteiger partial charge < -0.3 is 9.40 Å². The average molecular weight is 349 g/mol. The van der Waals surface area contributed by atoms with Gasteiger partial charge in [0.15, 0.2) is 5.76 Å². The van der Waals surface area contributed by atoms with Crippen molar-refractivity contribution in [3.63, 3.8) is 0 Å². The fourth-order valence-corrected chi connectivity index (χ4v) is 3.79. The Morgan fingerprint density at radius 1 is 0.741 bits per heavy atom. The molecule has 128 valence electrons. The second-order valence-corrected chi connectivity index (χ2v) is 6.61. The number of para-hydroxylation sites is 1. The number of hydrogen-bond acceptors (Lipinski definition) is 2. The first kappa shape index (κ1) is 14.4. The summed E-state index contributed by atoms with van der Waals surface area (Å²) in [6.07, 6.45) is 0. The lowest BCUT2D eigenvalue weighted by atomic mass is 10.1. The number of H-pyrrole nitrogens is 1. The van der Waals surface area contributed by atoms with Gasteiger partial charge in [-0.15, -0.1) is 0 Å². The summed E-state index contributed by atoms with van der Waals surface area (Å²) in [6.45, 7) is 0. The van der Waals surface area contributed by atoms with Gasteiger partial charge in [0.25, 0.3) is 0 Å². The highest BCUT2D eigenvalue weighted by Crippen LogP contribution is 2.38. The molecule has 0 bridgehead atoms. The zero-order chi connectivity index (χ0) is 17.8. The van der Waals surface area contributed by atoms with Crippen LogP contribution in [0.25, 0.3) is 50.5 Å². The molecule has 0 aliphatic heterocycles. The first-order chi connectivity index (χ1) is 13.4. The van der Waals surface area contributed by atoms with Gasteiger partial charge in [-0.25, -0.2) is 4.40 Å². The molecule has 0 unspecified atom stereocenters. The van der Waals surface area contributed by atoms with Crippen LogP contribution in [0.3, 0.4) is 0 Å². The van der Waals surface area contributed by atoms with E-state index in [1.54, 1.807) is 0 Å². The maximum atomic E-state index is 6.26. The highest BCUT2D eigenvalue weighted by Gasteiger charge is 2.23. The molecule has 0 saturated heterocycles. The Hall–Kier alpha value is -3.79. The first-order valence-electron chi connectivity index (χ1n) is 8.92. The van der Waals surface area contributed by atoms with Crippen molar-refractivity contribution < 1.29 is 4.42 Å². The predicted octanol–water partition coefficient (Wildman–Crippen LogP) is 5.90. The van der Waals surface area contributed by atoms with Crippen LogP contribution in [0.15, 0.2) is 89.3 Å². The van der Waals surface area contributed by atoms with Crippen molar-refractivity contribution in [3.05, 3.63) is 84.9 Å². The molecule has 6 rings (SSSR count). The Morgan fingerprint density at radius 2 is 1.41 bits per heavy atom. The topological polar surface area (TPSA) is 46.2 Å². The second kappa shape index (κ2) is 5.35. The summed E-state index contributed by atoms with van der Waals surface area (Å²) in [5, 5.41) is 1.10. The van der Waals surface area contributed by atoms with E-state index in [0.717, 1.165) is 44.6 Å². The van der Waals surface area contributed by atoms with Crippen molar-refractivity contribution in [3.8, 4) is 22.6 Å². The molecular weight excluding hydrogens is 334 g/mol. The molecule has 3 aromatic carbocycles. The average Bonchev–Trinajstić information content (AvgIpc) is 3.37. The Balaban J connectivity index is 1.78. The van der Waals surface area contributed by atoms with Crippen molar-refractivity contribution in [2.45, 2.75) is 0 Å². The van der Waals surface area contributed by atoms with E-state index in [2.05, 4.69) is 45.8 Å². The zero-order valence-electron chi connectivity index (χ0n) is 14.4. The van der Waals surface area contributed by atoms with Gasteiger partial charge >= 0.3 is 5.84 Å². The normalized spacial score (nSPS) is 11.7. The summed E-state index contributed by atoms with van der Waals surface area (Å²) in [6, 6.07) is 28.7. The Bertz CT molecular complexity index is 1410.